The Balaban J connectivity index is -0.0000000910. The van der Waals surface area contributed by atoms with E-state index in [-0.39, 0.29) is 29.6 Å². The van der Waals surface area contributed by atoms with Crippen molar-refractivity contribution < 1.29 is 63.2 Å². The largest absolute Gasteiger partial charge is 1.00 e. The van der Waals surface area contributed by atoms with Gasteiger partial charge in [0.1, 0.15) is 0 Å². The molecule has 0 aromatic carbocycles. The molecule has 0 saturated heterocycles. The Labute approximate surface area is 79.2 Å². The Morgan fingerprint density at radius 1 is 1.30 bits per heavy atom. The molecule has 0 saturated carbocycles. The number of rotatable bonds is 0. The topological polar surface area (TPSA) is 138 Å². The third kappa shape index (κ3) is 473. The van der Waals surface area contributed by atoms with Crippen molar-refractivity contribution in [3.63, 3.8) is 0 Å². The average molecular weight is 201 g/mol. The van der Waals surface area contributed by atoms with E-state index in [1.165, 1.54) is 0 Å². The van der Waals surface area contributed by atoms with E-state index in [4.69, 9.17) is 33.6 Å². The molecular formula is H4NaO7P2+. The fourth-order valence-electron chi connectivity index (χ4n) is 0. The molecule has 0 aliphatic carbocycles. The van der Waals surface area contributed by atoms with Crippen LogP contribution in [0.1, 0.15) is 0 Å². The van der Waals surface area contributed by atoms with Gasteiger partial charge in [0.2, 0.25) is 0 Å². The van der Waals surface area contributed by atoms with E-state index in [2.05, 4.69) is 0 Å². The molecule has 0 aliphatic heterocycles. The zero-order valence-electron chi connectivity index (χ0n) is 4.91. The average Bonchev–Trinajstić information content (AvgIpc) is 1.19. The quantitative estimate of drug-likeness (QED) is 0.227. The molecule has 0 atom stereocenters. The molecule has 0 aliphatic rings. The summed E-state index contributed by atoms with van der Waals surface area (Å²) in [6, 6.07) is 0. The van der Waals surface area contributed by atoms with Gasteiger partial charge in [-0.2, -0.15) is 0 Å². The summed E-state index contributed by atoms with van der Waals surface area (Å²) in [5, 5.41) is 0. The second kappa shape index (κ2) is 8.23. The second-order valence-electron chi connectivity index (χ2n) is 0.743. The second-order valence-corrected chi connectivity index (χ2v) is 2.23. The summed E-state index contributed by atoms with van der Waals surface area (Å²) in [5.74, 6) is 0. The molecule has 4 N–H and O–H groups in total. The van der Waals surface area contributed by atoms with Gasteiger partial charge in [0.25, 0.3) is 7.82 Å². The molecule has 0 aromatic heterocycles. The third-order valence-corrected chi connectivity index (χ3v) is 0. The maximum atomic E-state index is 8.77. The van der Waals surface area contributed by atoms with E-state index in [1.54, 1.807) is 0 Å². The fourth-order valence-corrected chi connectivity index (χ4v) is 0. The summed E-state index contributed by atoms with van der Waals surface area (Å²) in [6.45, 7) is 0. The van der Waals surface area contributed by atoms with Crippen molar-refractivity contribution in [2.75, 3.05) is 0 Å². The normalized spacial score (nSPS) is 8.50. The summed E-state index contributed by atoms with van der Waals surface area (Å²) in [5.41, 5.74) is 0. The molecule has 0 spiro atoms. The van der Waals surface area contributed by atoms with E-state index in [9.17, 15) is 0 Å². The van der Waals surface area contributed by atoms with Crippen LogP contribution in [0.25, 0.3) is 0 Å². The van der Waals surface area contributed by atoms with Crippen molar-refractivity contribution in [3.05, 3.63) is 0 Å². The fraction of sp³-hybridized carbons (Fsp3) is 0. The van der Waals surface area contributed by atoms with Crippen LogP contribution in [-0.4, -0.2) is 19.6 Å². The monoisotopic (exact) mass is 201 g/mol. The predicted molar refractivity (Wildman–Crippen MR) is 24.1 cm³/mol. The molecule has 0 rings (SSSR count). The molecule has 10 heavy (non-hydrogen) atoms. The Hall–Kier alpha value is 1.13. The van der Waals surface area contributed by atoms with E-state index in [1.807, 2.05) is 0 Å². The van der Waals surface area contributed by atoms with Crippen molar-refractivity contribution in [1.29, 1.82) is 0 Å². The first kappa shape index (κ1) is 17.3. The van der Waals surface area contributed by atoms with E-state index < -0.39 is 16.1 Å². The van der Waals surface area contributed by atoms with Crippen LogP contribution in [-0.2, 0) is 9.13 Å². The Morgan fingerprint density at radius 2 is 1.30 bits per heavy atom. The minimum Gasteiger partial charge on any atom is -0.756 e. The van der Waals surface area contributed by atoms with Gasteiger partial charge < -0.3 is 14.7 Å². The van der Waals surface area contributed by atoms with E-state index >= 15 is 0 Å². The molecule has 0 heterocycles. The van der Waals surface area contributed by atoms with Gasteiger partial charge in [0.05, 0.1) is 0 Å². The van der Waals surface area contributed by atoms with E-state index in [0.717, 1.165) is 0 Å². The SMILES string of the molecule is O=P([O-])(O)O.O=[P+](O)O.[Na+]. The van der Waals surface area contributed by atoms with Crippen LogP contribution in [0.5, 0.6) is 0 Å². The van der Waals surface area contributed by atoms with Crippen molar-refractivity contribution in [3.8, 4) is 0 Å². The molecule has 10 heteroatoms. The van der Waals surface area contributed by atoms with Gasteiger partial charge >= 0.3 is 37.8 Å². The first-order chi connectivity index (χ1) is 3.73. The van der Waals surface area contributed by atoms with Crippen molar-refractivity contribution in [2.24, 2.45) is 0 Å². The Morgan fingerprint density at radius 3 is 1.30 bits per heavy atom. The van der Waals surface area contributed by atoms with Crippen molar-refractivity contribution in [2.45, 2.75) is 0 Å². The predicted octanol–water partition coefficient (Wildman–Crippen LogP) is -4.93. The van der Waals surface area contributed by atoms with Crippen LogP contribution in [0.4, 0.5) is 0 Å². The first-order valence-corrected chi connectivity index (χ1v) is 4.04. The van der Waals surface area contributed by atoms with Crippen LogP contribution < -0.4 is 34.5 Å². The standard InChI is InChI=1S/Na.H3O4P.HO3P/c;1-5(2,3)4;1-4(2)3/h;(H3,1,2,3,4);(H-,1,2,3)/q+1;;. The van der Waals surface area contributed by atoms with Gasteiger partial charge in [-0.3, -0.25) is 4.57 Å². The summed E-state index contributed by atoms with van der Waals surface area (Å²) in [6.07, 6.45) is 0. The molecule has 0 fully saturated rings. The van der Waals surface area contributed by atoms with Gasteiger partial charge in [0, 0.05) is 4.57 Å². The number of hydrogen-bond donors (Lipinski definition) is 4. The van der Waals surface area contributed by atoms with E-state index in [0.29, 0.717) is 0 Å². The number of hydrogen-bond acceptors (Lipinski definition) is 3. The van der Waals surface area contributed by atoms with Crippen LogP contribution >= 0.6 is 16.1 Å². The first-order valence-electron chi connectivity index (χ1n) is 1.35. The zero-order valence-corrected chi connectivity index (χ0v) is 8.70. The number of phosphoric acid groups is 1. The van der Waals surface area contributed by atoms with Crippen molar-refractivity contribution >= 4 is 16.1 Å². The summed E-state index contributed by atoms with van der Waals surface area (Å²) in [7, 11) is -7.76. The van der Waals surface area contributed by atoms with Gasteiger partial charge in [-0.25, -0.2) is 0 Å². The zero-order chi connectivity index (χ0) is 8.08. The Kier molecular flexibility index (Phi) is 14.2. The molecule has 0 radical (unpaired) electrons. The van der Waals surface area contributed by atoms with Gasteiger partial charge in [-0.1, -0.05) is 0 Å². The molecule has 7 nitrogen and oxygen atoms in total. The molecule has 56 valence electrons. The third-order valence-electron chi connectivity index (χ3n) is 0. The smallest absolute Gasteiger partial charge is 0.756 e. The Bertz CT molecular complexity index is 111. The van der Waals surface area contributed by atoms with Crippen molar-refractivity contribution in [1.82, 2.24) is 0 Å². The maximum Gasteiger partial charge on any atom is 1.00 e. The van der Waals surface area contributed by atoms with Crippen LogP contribution in [0.3, 0.4) is 0 Å². The summed E-state index contributed by atoms with van der Waals surface area (Å²) in [4.78, 5) is 37.2. The molecule has 0 unspecified atom stereocenters. The minimum atomic E-state index is -4.89. The van der Waals surface area contributed by atoms with Crippen LogP contribution in [0.15, 0.2) is 0 Å². The molecular weight excluding hydrogens is 197 g/mol. The van der Waals surface area contributed by atoms with Crippen LogP contribution in [0, 0.1) is 0 Å². The molecule has 0 amide bonds. The summed E-state index contributed by atoms with van der Waals surface area (Å²) < 4.78 is 17.5. The van der Waals surface area contributed by atoms with Crippen LogP contribution in [0.2, 0.25) is 0 Å². The minimum absolute atomic E-state index is 0. The molecule has 0 aromatic rings. The van der Waals surface area contributed by atoms with Gasteiger partial charge in [-0.15, -0.1) is 9.79 Å². The van der Waals surface area contributed by atoms with Gasteiger partial charge in [0.15, 0.2) is 0 Å². The molecule has 0 bridgehead atoms. The van der Waals surface area contributed by atoms with Gasteiger partial charge in [-0.05, 0) is 0 Å². The maximum absolute atomic E-state index is 8.77. The summed E-state index contributed by atoms with van der Waals surface area (Å²) >= 11 is 0.